The maximum absolute atomic E-state index is 11.9. The van der Waals surface area contributed by atoms with Crippen LogP contribution in [0.3, 0.4) is 0 Å². The van der Waals surface area contributed by atoms with Gasteiger partial charge in [0.2, 0.25) is 0 Å². The normalized spacial score (nSPS) is 10.8. The monoisotopic (exact) mass is 258 g/mol. The second kappa shape index (κ2) is 7.24. The molecule has 0 aliphatic rings. The molecule has 0 unspecified atom stereocenters. The molecule has 0 spiro atoms. The smallest absolute Gasteiger partial charge is 0.109 e. The maximum Gasteiger partial charge on any atom is 0.109 e. The van der Waals surface area contributed by atoms with Crippen LogP contribution >= 0.6 is 0 Å². The van der Waals surface area contributed by atoms with Crippen LogP contribution in [0.1, 0.15) is 11.1 Å². The van der Waals surface area contributed by atoms with Crippen molar-refractivity contribution in [3.63, 3.8) is 0 Å². The van der Waals surface area contributed by atoms with Crippen molar-refractivity contribution in [1.29, 1.82) is 0 Å². The maximum atomic E-state index is 11.9. The standard InChI is InChI=1S/C16H18OS/c17-18(13-11-15-7-3-1-4-8-15)14-12-16-9-5-2-6-10-16/h1-10H,11-14H2. The lowest BCUT2D eigenvalue weighted by atomic mass is 10.2. The molecule has 0 atom stereocenters. The summed E-state index contributed by atoms with van der Waals surface area (Å²) in [5, 5.41) is 0. The minimum absolute atomic E-state index is 0.721. The first-order valence-electron chi connectivity index (χ1n) is 6.27. The Morgan fingerprint density at radius 3 is 1.44 bits per heavy atom. The summed E-state index contributed by atoms with van der Waals surface area (Å²) in [6.07, 6.45) is 1.81. The van der Waals surface area contributed by atoms with E-state index in [-0.39, 0.29) is 0 Å². The molecule has 0 aliphatic heterocycles. The molecule has 2 rings (SSSR count). The summed E-state index contributed by atoms with van der Waals surface area (Å²) < 4.78 is 11.9. The first-order valence-corrected chi connectivity index (χ1v) is 7.76. The van der Waals surface area contributed by atoms with Crippen LogP contribution in [0.25, 0.3) is 0 Å². The Bertz CT molecular complexity index is 398. The Morgan fingerprint density at radius 1 is 0.667 bits per heavy atom. The van der Waals surface area contributed by atoms with E-state index >= 15 is 0 Å². The van der Waals surface area contributed by atoms with Crippen molar-refractivity contribution in [2.24, 2.45) is 0 Å². The molecule has 2 aromatic rings. The molecule has 0 radical (unpaired) electrons. The largest absolute Gasteiger partial charge is 0.616 e. The molecule has 0 fully saturated rings. The second-order valence-corrected chi connectivity index (χ2v) is 6.02. The van der Waals surface area contributed by atoms with Gasteiger partial charge in [-0.3, -0.25) is 0 Å². The van der Waals surface area contributed by atoms with E-state index in [1.165, 1.54) is 11.1 Å². The molecule has 2 aromatic carbocycles. The van der Waals surface area contributed by atoms with Crippen LogP contribution in [0.5, 0.6) is 0 Å². The van der Waals surface area contributed by atoms with Gasteiger partial charge < -0.3 is 4.55 Å². The third kappa shape index (κ3) is 4.55. The van der Waals surface area contributed by atoms with Gasteiger partial charge in [-0.05, 0) is 11.1 Å². The number of benzene rings is 2. The van der Waals surface area contributed by atoms with Crippen molar-refractivity contribution in [3.05, 3.63) is 71.8 Å². The molecular weight excluding hydrogens is 240 g/mol. The Labute approximate surface area is 112 Å². The quantitative estimate of drug-likeness (QED) is 0.730. The summed E-state index contributed by atoms with van der Waals surface area (Å²) in [4.78, 5) is 0. The van der Waals surface area contributed by atoms with Crippen molar-refractivity contribution < 1.29 is 4.55 Å². The molecule has 0 amide bonds. The number of hydrogen-bond acceptors (Lipinski definition) is 1. The van der Waals surface area contributed by atoms with E-state index in [1.807, 2.05) is 36.4 Å². The summed E-state index contributed by atoms with van der Waals surface area (Å²) in [6, 6.07) is 20.5. The van der Waals surface area contributed by atoms with Gasteiger partial charge in [0.25, 0.3) is 0 Å². The van der Waals surface area contributed by atoms with Gasteiger partial charge in [-0.25, -0.2) is 0 Å². The fourth-order valence-electron chi connectivity index (χ4n) is 1.85. The predicted molar refractivity (Wildman–Crippen MR) is 78.2 cm³/mol. The fraction of sp³-hybridized carbons (Fsp3) is 0.250. The lowest BCUT2D eigenvalue weighted by Crippen LogP contribution is -2.14. The van der Waals surface area contributed by atoms with Gasteiger partial charge in [0, 0.05) is 12.8 Å². The van der Waals surface area contributed by atoms with E-state index in [4.69, 9.17) is 0 Å². The Morgan fingerprint density at radius 2 is 1.06 bits per heavy atom. The highest BCUT2D eigenvalue weighted by Gasteiger charge is 2.06. The summed E-state index contributed by atoms with van der Waals surface area (Å²) in [5.74, 6) is 1.52. The first kappa shape index (κ1) is 13.2. The highest BCUT2D eigenvalue weighted by molar-refractivity contribution is 7.91. The molecule has 0 N–H and O–H groups in total. The third-order valence-corrected chi connectivity index (χ3v) is 4.24. The van der Waals surface area contributed by atoms with E-state index in [2.05, 4.69) is 24.3 Å². The summed E-state index contributed by atoms with van der Waals surface area (Å²) in [7, 11) is 0. The molecule has 1 nitrogen and oxygen atoms in total. The average Bonchev–Trinajstić information content (AvgIpc) is 2.45. The van der Waals surface area contributed by atoms with Crippen molar-refractivity contribution in [3.8, 4) is 0 Å². The van der Waals surface area contributed by atoms with E-state index in [0.29, 0.717) is 0 Å². The lowest BCUT2D eigenvalue weighted by Gasteiger charge is -2.11. The summed E-state index contributed by atoms with van der Waals surface area (Å²) in [6.45, 7) is 0. The second-order valence-electron chi connectivity index (χ2n) is 4.32. The van der Waals surface area contributed by atoms with Crippen LogP contribution in [0, 0.1) is 0 Å². The zero-order valence-electron chi connectivity index (χ0n) is 10.4. The highest BCUT2D eigenvalue weighted by Crippen LogP contribution is 2.06. The number of aryl methyl sites for hydroxylation is 2. The van der Waals surface area contributed by atoms with Crippen LogP contribution in [-0.2, 0) is 24.0 Å². The molecule has 0 saturated carbocycles. The molecular formula is C16H18OS. The number of hydrogen-bond donors (Lipinski definition) is 0. The van der Waals surface area contributed by atoms with E-state index in [9.17, 15) is 4.55 Å². The van der Waals surface area contributed by atoms with E-state index in [1.54, 1.807) is 0 Å². The molecule has 18 heavy (non-hydrogen) atoms. The zero-order valence-corrected chi connectivity index (χ0v) is 11.2. The van der Waals surface area contributed by atoms with Crippen LogP contribution in [0.2, 0.25) is 0 Å². The molecule has 0 aromatic heterocycles. The first-order chi connectivity index (χ1) is 8.84. The lowest BCUT2D eigenvalue weighted by molar-refractivity contribution is 0.593. The van der Waals surface area contributed by atoms with Gasteiger partial charge in [0.15, 0.2) is 0 Å². The van der Waals surface area contributed by atoms with E-state index in [0.717, 1.165) is 24.3 Å². The van der Waals surface area contributed by atoms with Gasteiger partial charge in [-0.1, -0.05) is 71.8 Å². The van der Waals surface area contributed by atoms with Crippen LogP contribution in [0.4, 0.5) is 0 Å². The highest BCUT2D eigenvalue weighted by atomic mass is 32.2. The van der Waals surface area contributed by atoms with Crippen LogP contribution in [0.15, 0.2) is 60.7 Å². The minimum atomic E-state index is -0.721. The fourth-order valence-corrected chi connectivity index (χ4v) is 2.99. The SMILES string of the molecule is [O-][S+](CCc1ccccc1)CCc1ccccc1. The Balaban J connectivity index is 1.71. The predicted octanol–water partition coefficient (Wildman–Crippen LogP) is 3.22. The topological polar surface area (TPSA) is 23.1 Å². The third-order valence-electron chi connectivity index (χ3n) is 2.92. The molecule has 2 heteroatoms. The molecule has 94 valence electrons. The average molecular weight is 258 g/mol. The molecule has 0 saturated heterocycles. The van der Waals surface area contributed by atoms with Gasteiger partial charge in [-0.2, -0.15) is 0 Å². The van der Waals surface area contributed by atoms with E-state index < -0.39 is 11.2 Å². The Hall–Kier alpha value is -1.25. The van der Waals surface area contributed by atoms with Gasteiger partial charge in [0.1, 0.15) is 11.5 Å². The summed E-state index contributed by atoms with van der Waals surface area (Å²) in [5.41, 5.74) is 2.54. The summed E-state index contributed by atoms with van der Waals surface area (Å²) >= 11 is -0.721. The van der Waals surface area contributed by atoms with Crippen molar-refractivity contribution in [1.82, 2.24) is 0 Å². The Kier molecular flexibility index (Phi) is 5.31. The molecule has 0 aliphatic carbocycles. The van der Waals surface area contributed by atoms with Gasteiger partial charge in [0.05, 0.1) is 0 Å². The van der Waals surface area contributed by atoms with Crippen molar-refractivity contribution >= 4 is 11.2 Å². The zero-order chi connectivity index (χ0) is 12.6. The van der Waals surface area contributed by atoms with Crippen molar-refractivity contribution in [2.45, 2.75) is 12.8 Å². The van der Waals surface area contributed by atoms with Crippen molar-refractivity contribution in [2.75, 3.05) is 11.5 Å². The number of rotatable bonds is 6. The minimum Gasteiger partial charge on any atom is -0.616 e. The van der Waals surface area contributed by atoms with Gasteiger partial charge in [-0.15, -0.1) is 0 Å². The van der Waals surface area contributed by atoms with Gasteiger partial charge >= 0.3 is 0 Å². The van der Waals surface area contributed by atoms with Crippen LogP contribution in [-0.4, -0.2) is 16.1 Å². The molecule has 0 heterocycles. The van der Waals surface area contributed by atoms with Crippen LogP contribution < -0.4 is 0 Å². The molecule has 0 bridgehead atoms.